The lowest BCUT2D eigenvalue weighted by molar-refractivity contribution is -0.385. The molecule has 0 spiro atoms. The Labute approximate surface area is 157 Å². The number of pyridine rings is 1. The number of ether oxygens (including phenoxy) is 1. The van der Waals surface area contributed by atoms with Gasteiger partial charge in [-0.15, -0.1) is 0 Å². The molecule has 0 saturated heterocycles. The van der Waals surface area contributed by atoms with Crippen LogP contribution < -0.4 is 4.74 Å². The predicted molar refractivity (Wildman–Crippen MR) is 95.0 cm³/mol. The Balaban J connectivity index is 2.10. The Bertz CT molecular complexity index is 1050. The number of aromatic nitrogens is 1. The van der Waals surface area contributed by atoms with E-state index in [9.17, 15) is 28.4 Å². The van der Waals surface area contributed by atoms with E-state index < -0.39 is 28.2 Å². The van der Waals surface area contributed by atoms with Crippen LogP contribution in [0.4, 0.5) is 18.9 Å². The molecular formula is C19H13F3N2O4. The molecule has 0 bridgehead atoms. The maximum absolute atomic E-state index is 12.9. The predicted octanol–water partition coefficient (Wildman–Crippen LogP) is 5.06. The van der Waals surface area contributed by atoms with Crippen molar-refractivity contribution in [2.24, 2.45) is 0 Å². The molecule has 6 nitrogen and oxygen atoms in total. The maximum atomic E-state index is 12.9. The van der Waals surface area contributed by atoms with Gasteiger partial charge in [-0.1, -0.05) is 24.3 Å². The molecule has 0 radical (unpaired) electrons. The van der Waals surface area contributed by atoms with Crippen LogP contribution in [-0.4, -0.2) is 22.1 Å². The van der Waals surface area contributed by atoms with Crippen molar-refractivity contribution in [3.05, 3.63) is 70.4 Å². The summed E-state index contributed by atoms with van der Waals surface area (Å²) in [6.45, 7) is 0. The summed E-state index contributed by atoms with van der Waals surface area (Å²) in [5.41, 5.74) is -0.210. The first kappa shape index (κ1) is 19.2. The molecule has 2 aromatic carbocycles. The number of nitrogens with zero attached hydrogens (tertiary/aromatic N) is 2. The molecule has 0 saturated carbocycles. The quantitative estimate of drug-likeness (QED) is 0.497. The number of phenolic OH excluding ortho intramolecular Hbond substituents is 1. The topological polar surface area (TPSA) is 85.5 Å². The van der Waals surface area contributed by atoms with Crippen molar-refractivity contribution in [3.8, 4) is 33.9 Å². The fourth-order valence-electron chi connectivity index (χ4n) is 2.67. The zero-order valence-electron chi connectivity index (χ0n) is 14.4. The van der Waals surface area contributed by atoms with Gasteiger partial charge in [-0.25, -0.2) is 4.98 Å². The Kier molecular flexibility index (Phi) is 4.91. The highest BCUT2D eigenvalue weighted by Crippen LogP contribution is 2.40. The summed E-state index contributed by atoms with van der Waals surface area (Å²) in [5.74, 6) is -0.696. The Morgan fingerprint density at radius 1 is 1.04 bits per heavy atom. The molecule has 1 aromatic heterocycles. The number of rotatable bonds is 4. The molecular weight excluding hydrogens is 377 g/mol. The van der Waals surface area contributed by atoms with Gasteiger partial charge in [-0.05, 0) is 35.4 Å². The minimum absolute atomic E-state index is 0.0909. The molecule has 9 heteroatoms. The van der Waals surface area contributed by atoms with Gasteiger partial charge in [-0.2, -0.15) is 13.2 Å². The van der Waals surface area contributed by atoms with Crippen molar-refractivity contribution in [2.75, 3.05) is 7.11 Å². The molecule has 0 aliphatic heterocycles. The SMILES string of the molecule is COc1cc(-c2cccc(-c3cccc(C(F)(F)F)n3)c2)cc([N+](=O)[O-])c1O. The van der Waals surface area contributed by atoms with Crippen LogP contribution in [0.5, 0.6) is 11.5 Å². The molecule has 0 aliphatic rings. The van der Waals surface area contributed by atoms with Gasteiger partial charge < -0.3 is 9.84 Å². The highest BCUT2D eigenvalue weighted by Gasteiger charge is 2.32. The summed E-state index contributed by atoms with van der Waals surface area (Å²) in [7, 11) is 1.26. The monoisotopic (exact) mass is 390 g/mol. The average Bonchev–Trinajstić information content (AvgIpc) is 2.67. The normalized spacial score (nSPS) is 11.3. The second kappa shape index (κ2) is 7.18. The molecule has 1 N–H and O–H groups in total. The van der Waals surface area contributed by atoms with Crippen molar-refractivity contribution in [1.29, 1.82) is 0 Å². The van der Waals surface area contributed by atoms with E-state index in [1.165, 1.54) is 25.3 Å². The van der Waals surface area contributed by atoms with E-state index in [2.05, 4.69) is 4.98 Å². The van der Waals surface area contributed by atoms with Crippen LogP contribution in [0.2, 0.25) is 0 Å². The van der Waals surface area contributed by atoms with E-state index in [0.717, 1.165) is 12.1 Å². The van der Waals surface area contributed by atoms with Crippen molar-refractivity contribution >= 4 is 5.69 Å². The largest absolute Gasteiger partial charge is 0.500 e. The smallest absolute Gasteiger partial charge is 0.433 e. The Hall–Kier alpha value is -3.62. The number of halogens is 3. The zero-order valence-corrected chi connectivity index (χ0v) is 14.4. The summed E-state index contributed by atoms with van der Waals surface area (Å²) in [6, 6.07) is 12.5. The van der Waals surface area contributed by atoms with Crippen LogP contribution in [0.1, 0.15) is 5.69 Å². The Morgan fingerprint density at radius 3 is 2.36 bits per heavy atom. The number of methoxy groups -OCH3 is 1. The molecule has 28 heavy (non-hydrogen) atoms. The van der Waals surface area contributed by atoms with E-state index in [1.807, 2.05) is 0 Å². The number of phenols is 1. The standard InChI is InChI=1S/C19H13F3N2O4/c1-28-16-10-13(9-15(18(16)25)24(26)27)11-4-2-5-12(8-11)14-6-3-7-17(23-14)19(20,21)22/h2-10,25H,1H3. The van der Waals surface area contributed by atoms with Crippen molar-refractivity contribution in [1.82, 2.24) is 4.98 Å². The number of nitro benzene ring substituents is 1. The van der Waals surface area contributed by atoms with Crippen LogP contribution in [0.25, 0.3) is 22.4 Å². The summed E-state index contributed by atoms with van der Waals surface area (Å²) >= 11 is 0. The average molecular weight is 390 g/mol. The lowest BCUT2D eigenvalue weighted by Gasteiger charge is -2.10. The van der Waals surface area contributed by atoms with E-state index >= 15 is 0 Å². The molecule has 144 valence electrons. The van der Waals surface area contributed by atoms with Gasteiger partial charge in [0.15, 0.2) is 5.75 Å². The van der Waals surface area contributed by atoms with Crippen LogP contribution in [0.15, 0.2) is 54.6 Å². The maximum Gasteiger partial charge on any atom is 0.433 e. The number of aromatic hydroxyl groups is 1. The van der Waals surface area contributed by atoms with Crippen molar-refractivity contribution in [2.45, 2.75) is 6.18 Å². The summed E-state index contributed by atoms with van der Waals surface area (Å²) < 4.78 is 43.7. The second-order valence-electron chi connectivity index (χ2n) is 5.79. The van der Waals surface area contributed by atoms with Crippen molar-refractivity contribution in [3.63, 3.8) is 0 Å². The summed E-state index contributed by atoms with van der Waals surface area (Å²) in [5, 5.41) is 21.1. The van der Waals surface area contributed by atoms with Crippen LogP contribution in [0.3, 0.4) is 0 Å². The fraction of sp³-hybridized carbons (Fsp3) is 0.105. The summed E-state index contributed by atoms with van der Waals surface area (Å²) in [6.07, 6.45) is -4.57. The van der Waals surface area contributed by atoms with Crippen LogP contribution >= 0.6 is 0 Å². The minimum atomic E-state index is -4.57. The first-order chi connectivity index (χ1) is 13.2. The molecule has 0 atom stereocenters. The van der Waals surface area contributed by atoms with Gasteiger partial charge in [0.05, 0.1) is 17.7 Å². The zero-order chi connectivity index (χ0) is 20.5. The van der Waals surface area contributed by atoms with Crippen molar-refractivity contribution < 1.29 is 27.9 Å². The van der Waals surface area contributed by atoms with Gasteiger partial charge in [0.2, 0.25) is 5.75 Å². The highest BCUT2D eigenvalue weighted by molar-refractivity contribution is 5.76. The number of alkyl halides is 3. The molecule has 1 heterocycles. The third-order valence-corrected chi connectivity index (χ3v) is 4.00. The van der Waals surface area contributed by atoms with E-state index in [0.29, 0.717) is 16.7 Å². The first-order valence-electron chi connectivity index (χ1n) is 7.91. The molecule has 0 unspecified atom stereocenters. The lowest BCUT2D eigenvalue weighted by Crippen LogP contribution is -2.07. The third-order valence-electron chi connectivity index (χ3n) is 4.00. The number of hydrogen-bond acceptors (Lipinski definition) is 5. The molecule has 0 amide bonds. The van der Waals surface area contributed by atoms with Gasteiger partial charge in [-0.3, -0.25) is 10.1 Å². The summed E-state index contributed by atoms with van der Waals surface area (Å²) in [4.78, 5) is 14.1. The first-order valence-corrected chi connectivity index (χ1v) is 7.91. The molecule has 0 fully saturated rings. The minimum Gasteiger partial charge on any atom is -0.500 e. The molecule has 0 aliphatic carbocycles. The van der Waals surface area contributed by atoms with Crippen LogP contribution in [0, 0.1) is 10.1 Å². The third kappa shape index (κ3) is 3.73. The number of hydrogen-bond donors (Lipinski definition) is 1. The Morgan fingerprint density at radius 2 is 1.71 bits per heavy atom. The van der Waals surface area contributed by atoms with Gasteiger partial charge in [0, 0.05) is 11.6 Å². The van der Waals surface area contributed by atoms with E-state index in [4.69, 9.17) is 4.74 Å². The van der Waals surface area contributed by atoms with Crippen LogP contribution in [-0.2, 0) is 6.18 Å². The van der Waals surface area contributed by atoms with E-state index in [1.54, 1.807) is 24.3 Å². The number of benzene rings is 2. The lowest BCUT2D eigenvalue weighted by atomic mass is 10.00. The second-order valence-corrected chi connectivity index (χ2v) is 5.79. The molecule has 3 rings (SSSR count). The molecule has 3 aromatic rings. The van der Waals surface area contributed by atoms with Gasteiger partial charge >= 0.3 is 11.9 Å². The highest BCUT2D eigenvalue weighted by atomic mass is 19.4. The van der Waals surface area contributed by atoms with E-state index in [-0.39, 0.29) is 11.4 Å². The fourth-order valence-corrected chi connectivity index (χ4v) is 2.67. The van der Waals surface area contributed by atoms with Gasteiger partial charge in [0.25, 0.3) is 0 Å². The number of nitro groups is 1. The van der Waals surface area contributed by atoms with Gasteiger partial charge in [0.1, 0.15) is 5.69 Å².